The van der Waals surface area contributed by atoms with Crippen molar-refractivity contribution in [1.29, 1.82) is 0 Å². The molecule has 0 aliphatic carbocycles. The van der Waals surface area contributed by atoms with Crippen LogP contribution >= 0.6 is 0 Å². The van der Waals surface area contributed by atoms with Gasteiger partial charge in [0.1, 0.15) is 6.61 Å². The van der Waals surface area contributed by atoms with Crippen LogP contribution in [-0.4, -0.2) is 36.5 Å². The highest BCUT2D eigenvalue weighted by Crippen LogP contribution is 2.08. The third-order valence-corrected chi connectivity index (χ3v) is 2.48. The molecule has 0 bridgehead atoms. The summed E-state index contributed by atoms with van der Waals surface area (Å²) in [5.74, 6) is -0.822. The van der Waals surface area contributed by atoms with E-state index >= 15 is 0 Å². The van der Waals surface area contributed by atoms with Crippen molar-refractivity contribution in [2.75, 3.05) is 25.5 Å². The highest BCUT2D eigenvalue weighted by molar-refractivity contribution is 5.84. The zero-order chi connectivity index (χ0) is 14.3. The number of hydrogen-bond acceptors (Lipinski definition) is 4. The van der Waals surface area contributed by atoms with E-state index in [9.17, 15) is 9.59 Å². The number of nitrogens with zero attached hydrogens (tertiary/aromatic N) is 1. The predicted octanol–water partition coefficient (Wildman–Crippen LogP) is 0.119. The lowest BCUT2D eigenvalue weighted by Gasteiger charge is -2.21. The molecule has 0 heterocycles. The van der Waals surface area contributed by atoms with E-state index in [1.165, 1.54) is 4.90 Å². The third kappa shape index (κ3) is 5.39. The molecule has 2 amide bonds. The first-order chi connectivity index (χ1) is 9.02. The lowest BCUT2D eigenvalue weighted by atomic mass is 10.2. The van der Waals surface area contributed by atoms with Gasteiger partial charge >= 0.3 is 0 Å². The molecule has 1 aromatic carbocycles. The molecule has 0 spiro atoms. The summed E-state index contributed by atoms with van der Waals surface area (Å²) in [7, 11) is 0. The van der Waals surface area contributed by atoms with Crippen LogP contribution in [0.4, 0.5) is 5.69 Å². The minimum Gasteiger partial charge on any atom is -0.399 e. The lowest BCUT2D eigenvalue weighted by Crippen LogP contribution is -2.39. The Morgan fingerprint density at radius 2 is 1.89 bits per heavy atom. The number of carbonyl (C=O) groups is 2. The van der Waals surface area contributed by atoms with E-state index in [2.05, 4.69) is 0 Å². The number of nitrogens with two attached hydrogens (primary N) is 2. The van der Waals surface area contributed by atoms with Crippen LogP contribution in [0.2, 0.25) is 0 Å². The Morgan fingerprint density at radius 3 is 2.42 bits per heavy atom. The van der Waals surface area contributed by atoms with Crippen LogP contribution in [0.1, 0.15) is 12.5 Å². The van der Waals surface area contributed by atoms with Crippen molar-refractivity contribution in [3.8, 4) is 0 Å². The number of nitrogen functional groups attached to an aromatic ring is 1. The Hall–Kier alpha value is -2.08. The van der Waals surface area contributed by atoms with Crippen LogP contribution in [0.25, 0.3) is 0 Å². The summed E-state index contributed by atoms with van der Waals surface area (Å²) in [5.41, 5.74) is 12.3. The largest absolute Gasteiger partial charge is 0.399 e. The molecule has 104 valence electrons. The van der Waals surface area contributed by atoms with E-state index < -0.39 is 5.91 Å². The molecule has 0 atom stereocenters. The Bertz CT molecular complexity index is 431. The second-order valence-electron chi connectivity index (χ2n) is 4.09. The molecule has 0 saturated heterocycles. The molecule has 6 heteroatoms. The summed E-state index contributed by atoms with van der Waals surface area (Å²) in [5, 5.41) is 0. The summed E-state index contributed by atoms with van der Waals surface area (Å²) < 4.78 is 5.05. The summed E-state index contributed by atoms with van der Waals surface area (Å²) >= 11 is 0. The van der Waals surface area contributed by atoms with Crippen LogP contribution in [0.15, 0.2) is 24.3 Å². The number of anilines is 1. The van der Waals surface area contributed by atoms with Gasteiger partial charge in [0.05, 0.1) is 6.54 Å². The predicted molar refractivity (Wildman–Crippen MR) is 72.0 cm³/mol. The van der Waals surface area contributed by atoms with Gasteiger partial charge in [0.2, 0.25) is 11.8 Å². The molecule has 6 nitrogen and oxygen atoms in total. The first-order valence-corrected chi connectivity index (χ1v) is 6.01. The average molecular weight is 265 g/mol. The molecule has 1 aromatic rings. The Balaban J connectivity index is 2.70. The van der Waals surface area contributed by atoms with Crippen LogP contribution in [0, 0.1) is 0 Å². The summed E-state index contributed by atoms with van der Waals surface area (Å²) in [6.45, 7) is 2.36. The highest BCUT2D eigenvalue weighted by Gasteiger charge is 2.16. The molecule has 0 fully saturated rings. The van der Waals surface area contributed by atoms with Gasteiger partial charge in [0, 0.05) is 18.8 Å². The van der Waals surface area contributed by atoms with Gasteiger partial charge in [-0.1, -0.05) is 12.1 Å². The monoisotopic (exact) mass is 265 g/mol. The summed E-state index contributed by atoms with van der Waals surface area (Å²) in [6, 6.07) is 7.09. The van der Waals surface area contributed by atoms with Gasteiger partial charge in [0.25, 0.3) is 0 Å². The second kappa shape index (κ2) is 7.38. The molecule has 1 rings (SSSR count). The molecule has 0 aliphatic rings. The molecular weight excluding hydrogens is 246 g/mol. The Labute approximate surface area is 112 Å². The summed E-state index contributed by atoms with van der Waals surface area (Å²) in [6.07, 6.45) is 0. The Morgan fingerprint density at radius 1 is 1.26 bits per heavy atom. The Kier molecular flexibility index (Phi) is 5.81. The number of carbonyl (C=O) groups excluding carboxylic acids is 2. The lowest BCUT2D eigenvalue weighted by molar-refractivity contribution is -0.139. The minimum atomic E-state index is -0.555. The fraction of sp³-hybridized carbons (Fsp3) is 0.385. The normalized spacial score (nSPS) is 10.2. The van der Waals surface area contributed by atoms with Crippen LogP contribution in [0.5, 0.6) is 0 Å². The second-order valence-corrected chi connectivity index (χ2v) is 4.09. The fourth-order valence-corrected chi connectivity index (χ4v) is 1.54. The smallest absolute Gasteiger partial charge is 0.249 e. The maximum Gasteiger partial charge on any atom is 0.249 e. The quantitative estimate of drug-likeness (QED) is 0.684. The van der Waals surface area contributed by atoms with Crippen molar-refractivity contribution in [3.05, 3.63) is 29.8 Å². The zero-order valence-corrected chi connectivity index (χ0v) is 11.0. The molecule has 0 aromatic heterocycles. The number of benzene rings is 1. The molecule has 19 heavy (non-hydrogen) atoms. The van der Waals surface area contributed by atoms with E-state index in [0.717, 1.165) is 5.56 Å². The number of amides is 2. The molecule has 0 aliphatic heterocycles. The van der Waals surface area contributed by atoms with E-state index in [1.807, 2.05) is 0 Å². The van der Waals surface area contributed by atoms with Crippen molar-refractivity contribution in [1.82, 2.24) is 4.90 Å². The average Bonchev–Trinajstić information content (AvgIpc) is 2.37. The van der Waals surface area contributed by atoms with Crippen molar-refractivity contribution in [3.63, 3.8) is 0 Å². The van der Waals surface area contributed by atoms with Crippen molar-refractivity contribution < 1.29 is 14.3 Å². The first kappa shape index (κ1) is 15.0. The van der Waals surface area contributed by atoms with Crippen LogP contribution in [-0.2, 0) is 20.9 Å². The van der Waals surface area contributed by atoms with Gasteiger partial charge < -0.3 is 21.1 Å². The van der Waals surface area contributed by atoms with E-state index in [1.54, 1.807) is 31.2 Å². The van der Waals surface area contributed by atoms with Crippen molar-refractivity contribution in [2.24, 2.45) is 5.73 Å². The van der Waals surface area contributed by atoms with Gasteiger partial charge in [-0.2, -0.15) is 0 Å². The maximum atomic E-state index is 11.9. The zero-order valence-electron chi connectivity index (χ0n) is 11.0. The standard InChI is InChI=1S/C13H19N3O3/c1-2-19-9-13(18)16(8-12(15)17)7-10-3-5-11(14)6-4-10/h3-6H,2,7-9,14H2,1H3,(H2,15,17). The van der Waals surface area contributed by atoms with E-state index in [-0.39, 0.29) is 19.1 Å². The molecule has 0 unspecified atom stereocenters. The number of ether oxygens (including phenoxy) is 1. The maximum absolute atomic E-state index is 11.9. The molecule has 0 radical (unpaired) electrons. The number of rotatable bonds is 7. The molecular formula is C13H19N3O3. The van der Waals surface area contributed by atoms with Gasteiger partial charge in [-0.25, -0.2) is 0 Å². The SMILES string of the molecule is CCOCC(=O)N(CC(N)=O)Cc1ccc(N)cc1. The van der Waals surface area contributed by atoms with Crippen LogP contribution in [0.3, 0.4) is 0 Å². The van der Waals surface area contributed by atoms with Gasteiger partial charge in [0.15, 0.2) is 0 Å². The fourth-order valence-electron chi connectivity index (χ4n) is 1.54. The van der Waals surface area contributed by atoms with E-state index in [0.29, 0.717) is 18.8 Å². The summed E-state index contributed by atoms with van der Waals surface area (Å²) in [4.78, 5) is 24.2. The first-order valence-electron chi connectivity index (χ1n) is 6.01. The minimum absolute atomic E-state index is 0.0568. The van der Waals surface area contributed by atoms with Crippen molar-refractivity contribution >= 4 is 17.5 Å². The third-order valence-electron chi connectivity index (χ3n) is 2.48. The molecule has 0 saturated carbocycles. The van der Waals surface area contributed by atoms with Crippen molar-refractivity contribution in [2.45, 2.75) is 13.5 Å². The number of hydrogen-bond donors (Lipinski definition) is 2. The van der Waals surface area contributed by atoms with Gasteiger partial charge in [-0.15, -0.1) is 0 Å². The van der Waals surface area contributed by atoms with Gasteiger partial charge in [-0.05, 0) is 24.6 Å². The van der Waals surface area contributed by atoms with Crippen LogP contribution < -0.4 is 11.5 Å². The highest BCUT2D eigenvalue weighted by atomic mass is 16.5. The number of primary amides is 1. The van der Waals surface area contributed by atoms with Gasteiger partial charge in [-0.3, -0.25) is 9.59 Å². The van der Waals surface area contributed by atoms with E-state index in [4.69, 9.17) is 16.2 Å². The topological polar surface area (TPSA) is 98.6 Å². The molecule has 4 N–H and O–H groups in total.